The number of nitrogens with zero attached hydrogens (tertiary/aromatic N) is 2. The largest absolute Gasteiger partial charge is 0.337 e. The number of carbonyl (C=O) groups is 2. The molecule has 2 aliphatic heterocycles. The van der Waals surface area contributed by atoms with Gasteiger partial charge in [0.15, 0.2) is 0 Å². The van der Waals surface area contributed by atoms with Crippen molar-refractivity contribution in [2.24, 2.45) is 0 Å². The van der Waals surface area contributed by atoms with Crippen molar-refractivity contribution in [2.75, 3.05) is 32.7 Å². The lowest BCUT2D eigenvalue weighted by atomic mass is 10.0. The van der Waals surface area contributed by atoms with Crippen LogP contribution < -0.4 is 5.32 Å². The number of amides is 2. The normalized spacial score (nSPS) is 22.8. The number of nitrogens with one attached hydrogen (secondary N) is 1. The highest BCUT2D eigenvalue weighted by molar-refractivity contribution is 5.94. The van der Waals surface area contributed by atoms with Crippen LogP contribution in [0.25, 0.3) is 0 Å². The van der Waals surface area contributed by atoms with Crippen LogP contribution in [0.4, 0.5) is 0 Å². The van der Waals surface area contributed by atoms with Crippen LogP contribution in [0.2, 0.25) is 0 Å². The second kappa shape index (κ2) is 6.48. The molecule has 2 amide bonds. The molecule has 0 radical (unpaired) electrons. The van der Waals surface area contributed by atoms with Gasteiger partial charge in [0, 0.05) is 37.8 Å². The van der Waals surface area contributed by atoms with E-state index in [1.807, 2.05) is 41.0 Å². The second-order valence-electron chi connectivity index (χ2n) is 6.18. The number of aryl methyl sites for hydroxylation is 1. The zero-order valence-electron chi connectivity index (χ0n) is 13.0. The summed E-state index contributed by atoms with van der Waals surface area (Å²) in [6.45, 7) is 5.45. The summed E-state index contributed by atoms with van der Waals surface area (Å²) >= 11 is 0. The molecule has 0 spiro atoms. The summed E-state index contributed by atoms with van der Waals surface area (Å²) in [5, 5.41) is 3.10. The van der Waals surface area contributed by atoms with Gasteiger partial charge in [0.05, 0.1) is 6.54 Å². The summed E-state index contributed by atoms with van der Waals surface area (Å²) in [6, 6.07) is 7.87. The van der Waals surface area contributed by atoms with Gasteiger partial charge in [-0.05, 0) is 31.9 Å². The Balaban J connectivity index is 1.68. The maximum atomic E-state index is 12.6. The van der Waals surface area contributed by atoms with E-state index in [4.69, 9.17) is 0 Å². The van der Waals surface area contributed by atoms with E-state index in [1.54, 1.807) is 0 Å². The Morgan fingerprint density at radius 3 is 2.73 bits per heavy atom. The van der Waals surface area contributed by atoms with Gasteiger partial charge < -0.3 is 15.1 Å². The minimum Gasteiger partial charge on any atom is -0.337 e. The molecule has 1 aromatic carbocycles. The van der Waals surface area contributed by atoms with Crippen molar-refractivity contribution in [3.8, 4) is 0 Å². The van der Waals surface area contributed by atoms with E-state index in [0.29, 0.717) is 13.1 Å². The predicted molar refractivity (Wildman–Crippen MR) is 84.7 cm³/mol. The van der Waals surface area contributed by atoms with Gasteiger partial charge in [-0.25, -0.2) is 0 Å². The Bertz CT molecular complexity index is 556. The predicted octanol–water partition coefficient (Wildman–Crippen LogP) is 1.03. The van der Waals surface area contributed by atoms with E-state index < -0.39 is 0 Å². The van der Waals surface area contributed by atoms with Crippen molar-refractivity contribution < 1.29 is 9.59 Å². The Kier molecular flexibility index (Phi) is 4.43. The van der Waals surface area contributed by atoms with Crippen LogP contribution in [0.15, 0.2) is 24.3 Å². The summed E-state index contributed by atoms with van der Waals surface area (Å²) < 4.78 is 0. The lowest BCUT2D eigenvalue weighted by molar-refractivity contribution is -0.135. The SMILES string of the molecule is Cc1ccc(C(=O)N2CCCC(N3CCNCC3=O)C2)cc1. The molecule has 1 N–H and O–H groups in total. The van der Waals surface area contributed by atoms with Gasteiger partial charge in [0.25, 0.3) is 5.91 Å². The van der Waals surface area contributed by atoms with Crippen molar-refractivity contribution in [3.63, 3.8) is 0 Å². The van der Waals surface area contributed by atoms with Crippen molar-refractivity contribution in [1.29, 1.82) is 0 Å². The van der Waals surface area contributed by atoms with Crippen LogP contribution in [0.1, 0.15) is 28.8 Å². The van der Waals surface area contributed by atoms with Crippen LogP contribution in [0.5, 0.6) is 0 Å². The third kappa shape index (κ3) is 3.14. The monoisotopic (exact) mass is 301 g/mol. The summed E-state index contributed by atoms with van der Waals surface area (Å²) in [4.78, 5) is 28.5. The third-order valence-electron chi connectivity index (χ3n) is 4.55. The molecule has 5 heteroatoms. The number of hydrogen-bond donors (Lipinski definition) is 1. The standard InChI is InChI=1S/C17H23N3O2/c1-13-4-6-14(7-5-13)17(22)19-9-2-3-15(12-19)20-10-8-18-11-16(20)21/h4-7,15,18H,2-3,8-12H2,1H3. The smallest absolute Gasteiger partial charge is 0.253 e. The van der Waals surface area contributed by atoms with Gasteiger partial charge in [-0.1, -0.05) is 17.7 Å². The molecule has 0 aliphatic carbocycles. The maximum absolute atomic E-state index is 12.6. The molecule has 1 atom stereocenters. The Morgan fingerprint density at radius 1 is 1.23 bits per heavy atom. The van der Waals surface area contributed by atoms with Gasteiger partial charge in [0.1, 0.15) is 0 Å². The summed E-state index contributed by atoms with van der Waals surface area (Å²) in [5.41, 5.74) is 1.89. The van der Waals surface area contributed by atoms with Crippen molar-refractivity contribution in [2.45, 2.75) is 25.8 Å². The highest BCUT2D eigenvalue weighted by atomic mass is 16.2. The quantitative estimate of drug-likeness (QED) is 0.888. The van der Waals surface area contributed by atoms with E-state index in [9.17, 15) is 9.59 Å². The van der Waals surface area contributed by atoms with Crippen LogP contribution in [0.3, 0.4) is 0 Å². The Morgan fingerprint density at radius 2 is 2.00 bits per heavy atom. The first-order valence-electron chi connectivity index (χ1n) is 8.01. The summed E-state index contributed by atoms with van der Waals surface area (Å²) in [7, 11) is 0. The minimum absolute atomic E-state index is 0.0762. The lowest BCUT2D eigenvalue weighted by Crippen LogP contribution is -2.57. The maximum Gasteiger partial charge on any atom is 0.253 e. The highest BCUT2D eigenvalue weighted by Crippen LogP contribution is 2.19. The second-order valence-corrected chi connectivity index (χ2v) is 6.18. The van der Waals surface area contributed by atoms with Crippen LogP contribution >= 0.6 is 0 Å². The van der Waals surface area contributed by atoms with Gasteiger partial charge in [-0.2, -0.15) is 0 Å². The number of likely N-dealkylation sites (tertiary alicyclic amines) is 1. The number of benzene rings is 1. The average Bonchev–Trinajstić information content (AvgIpc) is 2.55. The zero-order valence-corrected chi connectivity index (χ0v) is 13.0. The Labute approximate surface area is 131 Å². The molecular formula is C17H23N3O2. The van der Waals surface area contributed by atoms with Crippen LogP contribution in [-0.4, -0.2) is 60.4 Å². The van der Waals surface area contributed by atoms with Crippen molar-refractivity contribution in [1.82, 2.24) is 15.1 Å². The molecular weight excluding hydrogens is 278 g/mol. The van der Waals surface area contributed by atoms with Crippen LogP contribution in [0, 0.1) is 6.92 Å². The topological polar surface area (TPSA) is 52.7 Å². The molecule has 3 rings (SSSR count). The number of piperidine rings is 1. The van der Waals surface area contributed by atoms with E-state index in [-0.39, 0.29) is 17.9 Å². The first-order valence-corrected chi connectivity index (χ1v) is 8.01. The first-order chi connectivity index (χ1) is 10.6. The van der Waals surface area contributed by atoms with Crippen LogP contribution in [-0.2, 0) is 4.79 Å². The van der Waals surface area contributed by atoms with Gasteiger partial charge >= 0.3 is 0 Å². The summed E-state index contributed by atoms with van der Waals surface area (Å²) in [6.07, 6.45) is 1.95. The van der Waals surface area contributed by atoms with E-state index in [1.165, 1.54) is 0 Å². The highest BCUT2D eigenvalue weighted by Gasteiger charge is 2.31. The van der Waals surface area contributed by atoms with Gasteiger partial charge in [-0.15, -0.1) is 0 Å². The summed E-state index contributed by atoms with van der Waals surface area (Å²) in [5.74, 6) is 0.230. The molecule has 2 fully saturated rings. The molecule has 2 heterocycles. The van der Waals surface area contributed by atoms with Gasteiger partial charge in [0.2, 0.25) is 5.91 Å². The molecule has 2 aliphatic rings. The lowest BCUT2D eigenvalue weighted by Gasteiger charge is -2.41. The van der Waals surface area contributed by atoms with Crippen molar-refractivity contribution >= 4 is 11.8 Å². The molecule has 2 saturated heterocycles. The fourth-order valence-corrected chi connectivity index (χ4v) is 3.28. The fraction of sp³-hybridized carbons (Fsp3) is 0.529. The first kappa shape index (κ1) is 15.0. The molecule has 5 nitrogen and oxygen atoms in total. The molecule has 0 bridgehead atoms. The van der Waals surface area contributed by atoms with Gasteiger partial charge in [-0.3, -0.25) is 9.59 Å². The molecule has 22 heavy (non-hydrogen) atoms. The minimum atomic E-state index is 0.0762. The molecule has 1 aromatic rings. The molecule has 118 valence electrons. The fourth-order valence-electron chi connectivity index (χ4n) is 3.28. The van der Waals surface area contributed by atoms with Crippen molar-refractivity contribution in [3.05, 3.63) is 35.4 Å². The molecule has 0 aromatic heterocycles. The number of carbonyl (C=O) groups excluding carboxylic acids is 2. The van der Waals surface area contributed by atoms with E-state index >= 15 is 0 Å². The van der Waals surface area contributed by atoms with E-state index in [2.05, 4.69) is 5.32 Å². The number of rotatable bonds is 2. The van der Waals surface area contributed by atoms with E-state index in [0.717, 1.165) is 43.6 Å². The third-order valence-corrected chi connectivity index (χ3v) is 4.55. The molecule has 1 unspecified atom stereocenters. The zero-order chi connectivity index (χ0) is 15.5. The molecule has 0 saturated carbocycles. The number of piperazine rings is 1. The average molecular weight is 301 g/mol. The number of hydrogen-bond acceptors (Lipinski definition) is 3. The Hall–Kier alpha value is -1.88.